The molecule has 0 aliphatic carbocycles. The summed E-state index contributed by atoms with van der Waals surface area (Å²) in [5.74, 6) is -0.736. The van der Waals surface area contributed by atoms with Crippen molar-refractivity contribution in [1.82, 2.24) is 14.9 Å². The lowest BCUT2D eigenvalue weighted by atomic mass is 10.0. The Bertz CT molecular complexity index is 743. The van der Waals surface area contributed by atoms with Crippen molar-refractivity contribution in [3.63, 3.8) is 0 Å². The van der Waals surface area contributed by atoms with Crippen molar-refractivity contribution in [3.8, 4) is 0 Å². The zero-order chi connectivity index (χ0) is 18.0. The van der Waals surface area contributed by atoms with E-state index in [1.807, 2.05) is 0 Å². The van der Waals surface area contributed by atoms with Crippen LogP contribution in [0.1, 0.15) is 19.3 Å². The minimum atomic E-state index is -3.84. The van der Waals surface area contributed by atoms with Gasteiger partial charge in [0.15, 0.2) is 0 Å². The lowest BCUT2D eigenvalue weighted by Gasteiger charge is -2.34. The SMILES string of the molecule is O=C(C1CC(O)CN1)N1CCCC(NS(=O)(=O)c2cccc(F)c2)C1. The number of nitrogens with one attached hydrogen (secondary N) is 2. The monoisotopic (exact) mass is 371 g/mol. The molecule has 0 bridgehead atoms. The van der Waals surface area contributed by atoms with Crippen molar-refractivity contribution in [1.29, 1.82) is 0 Å². The zero-order valence-electron chi connectivity index (χ0n) is 13.7. The van der Waals surface area contributed by atoms with Gasteiger partial charge < -0.3 is 15.3 Å². The number of aliphatic hydroxyl groups excluding tert-OH is 1. The Labute approximate surface area is 146 Å². The summed E-state index contributed by atoms with van der Waals surface area (Å²) in [6, 6.07) is 3.99. The van der Waals surface area contributed by atoms with E-state index in [0.717, 1.165) is 6.07 Å². The van der Waals surface area contributed by atoms with Crippen LogP contribution in [0.25, 0.3) is 0 Å². The Balaban J connectivity index is 1.64. The van der Waals surface area contributed by atoms with Crippen LogP contribution in [0, 0.1) is 5.82 Å². The molecule has 1 amide bonds. The van der Waals surface area contributed by atoms with Gasteiger partial charge in [-0.05, 0) is 37.5 Å². The number of halogens is 1. The van der Waals surface area contributed by atoms with Gasteiger partial charge in [-0.1, -0.05) is 6.07 Å². The molecule has 0 aromatic heterocycles. The summed E-state index contributed by atoms with van der Waals surface area (Å²) in [5.41, 5.74) is 0. The summed E-state index contributed by atoms with van der Waals surface area (Å²) in [6.07, 6.45) is 1.13. The molecule has 9 heteroatoms. The van der Waals surface area contributed by atoms with E-state index < -0.39 is 34.0 Å². The van der Waals surface area contributed by atoms with E-state index in [1.165, 1.54) is 18.2 Å². The molecule has 2 fully saturated rings. The van der Waals surface area contributed by atoms with E-state index >= 15 is 0 Å². The lowest BCUT2D eigenvalue weighted by molar-refractivity contribution is -0.134. The first kappa shape index (κ1) is 18.2. The maximum Gasteiger partial charge on any atom is 0.240 e. The van der Waals surface area contributed by atoms with Crippen LogP contribution in [0.4, 0.5) is 4.39 Å². The molecule has 3 N–H and O–H groups in total. The summed E-state index contributed by atoms with van der Waals surface area (Å²) in [5, 5.41) is 12.5. The number of hydrogen-bond acceptors (Lipinski definition) is 5. The molecule has 2 heterocycles. The average Bonchev–Trinajstić information content (AvgIpc) is 3.00. The highest BCUT2D eigenvalue weighted by atomic mass is 32.2. The highest BCUT2D eigenvalue weighted by Crippen LogP contribution is 2.18. The van der Waals surface area contributed by atoms with Gasteiger partial charge in [-0.25, -0.2) is 17.5 Å². The number of β-amino-alcohol motifs (C(OH)–C–C–N with tert-alkyl or cyclic N) is 1. The van der Waals surface area contributed by atoms with Gasteiger partial charge in [-0.3, -0.25) is 4.79 Å². The Morgan fingerprint density at radius 2 is 2.20 bits per heavy atom. The largest absolute Gasteiger partial charge is 0.392 e. The average molecular weight is 371 g/mol. The second kappa shape index (κ2) is 7.36. The first-order valence-electron chi connectivity index (χ1n) is 8.33. The number of carbonyl (C=O) groups is 1. The normalized spacial score (nSPS) is 27.4. The topological polar surface area (TPSA) is 98.7 Å². The number of carbonyl (C=O) groups excluding carboxylic acids is 1. The molecule has 3 rings (SSSR count). The van der Waals surface area contributed by atoms with Gasteiger partial charge in [0.1, 0.15) is 5.82 Å². The number of sulfonamides is 1. The minimum absolute atomic E-state index is 0.119. The number of likely N-dealkylation sites (tertiary alicyclic amines) is 1. The maximum atomic E-state index is 13.3. The molecule has 7 nitrogen and oxygen atoms in total. The Hall–Kier alpha value is -1.55. The van der Waals surface area contributed by atoms with Crippen LogP contribution in [-0.2, 0) is 14.8 Å². The molecule has 3 atom stereocenters. The standard InChI is InChI=1S/C16H22FN3O4S/c17-11-3-1-5-14(7-11)25(23,24)19-12-4-2-6-20(10-12)16(22)15-8-13(21)9-18-15/h1,3,5,7,12-13,15,18-19,21H,2,4,6,8-10H2. The summed E-state index contributed by atoms with van der Waals surface area (Å²) >= 11 is 0. The van der Waals surface area contributed by atoms with E-state index in [-0.39, 0.29) is 17.3 Å². The number of amides is 1. The lowest BCUT2D eigenvalue weighted by Crippen LogP contribution is -2.53. The highest BCUT2D eigenvalue weighted by Gasteiger charge is 2.34. The van der Waals surface area contributed by atoms with Crippen LogP contribution in [0.5, 0.6) is 0 Å². The van der Waals surface area contributed by atoms with Gasteiger partial charge in [0.05, 0.1) is 17.0 Å². The van der Waals surface area contributed by atoms with E-state index in [2.05, 4.69) is 10.0 Å². The molecule has 0 saturated carbocycles. The van der Waals surface area contributed by atoms with E-state index in [0.29, 0.717) is 32.4 Å². The molecule has 1 aromatic rings. The summed E-state index contributed by atoms with van der Waals surface area (Å²) in [6.45, 7) is 1.22. The van der Waals surface area contributed by atoms with Crippen molar-refractivity contribution < 1.29 is 22.7 Å². The third-order valence-electron chi connectivity index (χ3n) is 4.57. The number of aliphatic hydroxyl groups is 1. The van der Waals surface area contributed by atoms with Gasteiger partial charge in [-0.15, -0.1) is 0 Å². The van der Waals surface area contributed by atoms with Crippen molar-refractivity contribution in [2.24, 2.45) is 0 Å². The predicted octanol–water partition coefficient (Wildman–Crippen LogP) is -0.182. The van der Waals surface area contributed by atoms with Crippen LogP contribution in [0.2, 0.25) is 0 Å². The van der Waals surface area contributed by atoms with Crippen LogP contribution in [0.3, 0.4) is 0 Å². The molecule has 25 heavy (non-hydrogen) atoms. The van der Waals surface area contributed by atoms with Gasteiger partial charge in [0.2, 0.25) is 15.9 Å². The molecule has 3 unspecified atom stereocenters. The van der Waals surface area contributed by atoms with Crippen molar-refractivity contribution in [2.75, 3.05) is 19.6 Å². The molecule has 138 valence electrons. The van der Waals surface area contributed by atoms with E-state index in [4.69, 9.17) is 0 Å². The van der Waals surface area contributed by atoms with Crippen LogP contribution < -0.4 is 10.0 Å². The molecule has 0 spiro atoms. The number of rotatable bonds is 4. The molecule has 1 aromatic carbocycles. The first-order valence-corrected chi connectivity index (χ1v) is 9.81. The first-order chi connectivity index (χ1) is 11.8. The molecule has 0 radical (unpaired) electrons. The highest BCUT2D eigenvalue weighted by molar-refractivity contribution is 7.89. The number of hydrogen-bond donors (Lipinski definition) is 3. The molecular weight excluding hydrogens is 349 g/mol. The van der Waals surface area contributed by atoms with Crippen LogP contribution >= 0.6 is 0 Å². The molecule has 2 aliphatic heterocycles. The zero-order valence-corrected chi connectivity index (χ0v) is 14.5. The Morgan fingerprint density at radius 1 is 1.40 bits per heavy atom. The fourth-order valence-corrected chi connectivity index (χ4v) is 4.61. The third-order valence-corrected chi connectivity index (χ3v) is 6.09. The van der Waals surface area contributed by atoms with E-state index in [1.54, 1.807) is 4.90 Å². The van der Waals surface area contributed by atoms with Crippen molar-refractivity contribution in [2.45, 2.75) is 42.3 Å². The van der Waals surface area contributed by atoms with E-state index in [9.17, 15) is 22.7 Å². The second-order valence-electron chi connectivity index (χ2n) is 6.55. The fourth-order valence-electron chi connectivity index (χ4n) is 3.32. The van der Waals surface area contributed by atoms with Crippen LogP contribution in [-0.4, -0.2) is 62.2 Å². The van der Waals surface area contributed by atoms with Crippen molar-refractivity contribution >= 4 is 15.9 Å². The molecule has 2 aliphatic rings. The number of nitrogens with zero attached hydrogens (tertiary/aromatic N) is 1. The molecule has 2 saturated heterocycles. The Morgan fingerprint density at radius 3 is 2.88 bits per heavy atom. The van der Waals surface area contributed by atoms with Gasteiger partial charge in [-0.2, -0.15) is 0 Å². The summed E-state index contributed by atoms with van der Waals surface area (Å²) in [7, 11) is -3.84. The van der Waals surface area contributed by atoms with Gasteiger partial charge in [0.25, 0.3) is 0 Å². The summed E-state index contributed by atoms with van der Waals surface area (Å²) in [4.78, 5) is 14.0. The summed E-state index contributed by atoms with van der Waals surface area (Å²) < 4.78 is 40.6. The van der Waals surface area contributed by atoms with Crippen LogP contribution in [0.15, 0.2) is 29.2 Å². The molecular formula is C16H22FN3O4S. The third kappa shape index (κ3) is 4.35. The van der Waals surface area contributed by atoms with Gasteiger partial charge >= 0.3 is 0 Å². The minimum Gasteiger partial charge on any atom is -0.392 e. The van der Waals surface area contributed by atoms with Gasteiger partial charge in [0, 0.05) is 25.7 Å². The Kier molecular flexibility index (Phi) is 5.38. The second-order valence-corrected chi connectivity index (χ2v) is 8.27. The smallest absolute Gasteiger partial charge is 0.240 e. The predicted molar refractivity (Wildman–Crippen MR) is 88.7 cm³/mol. The quantitative estimate of drug-likeness (QED) is 0.682. The number of piperidine rings is 1. The number of benzene rings is 1. The fraction of sp³-hybridized carbons (Fsp3) is 0.562. The maximum absolute atomic E-state index is 13.3. The van der Waals surface area contributed by atoms with Crippen molar-refractivity contribution in [3.05, 3.63) is 30.1 Å².